The summed E-state index contributed by atoms with van der Waals surface area (Å²) in [5, 5.41) is 14.9. The van der Waals surface area contributed by atoms with E-state index in [9.17, 15) is 9.90 Å². The molecule has 4 atom stereocenters. The molecule has 1 saturated heterocycles. The van der Waals surface area contributed by atoms with E-state index >= 15 is 0 Å². The number of hydrogen-bond donors (Lipinski definition) is 1. The summed E-state index contributed by atoms with van der Waals surface area (Å²) in [6, 6.07) is 30.4. The third-order valence-electron chi connectivity index (χ3n) is 8.73. The van der Waals surface area contributed by atoms with Gasteiger partial charge < -0.3 is 15.3 Å². The number of hydrogen-bond acceptors (Lipinski definition) is 2. The van der Waals surface area contributed by atoms with Crippen LogP contribution >= 0.6 is 0 Å². The second kappa shape index (κ2) is 15.6. The van der Waals surface area contributed by atoms with Crippen molar-refractivity contribution >= 4 is 5.97 Å². The Morgan fingerprint density at radius 2 is 1.49 bits per heavy atom. The molecule has 5 heteroatoms. The molecule has 0 bridgehead atoms. The van der Waals surface area contributed by atoms with Crippen LogP contribution in [0.2, 0.25) is 0 Å². The molecule has 0 aromatic heterocycles. The number of nitrogens with zero attached hydrogens (tertiary/aromatic N) is 2. The summed E-state index contributed by atoms with van der Waals surface area (Å²) in [5.41, 5.74) is 3.60. The topological polar surface area (TPSA) is 54.6 Å². The van der Waals surface area contributed by atoms with Gasteiger partial charge in [0.1, 0.15) is 0 Å². The summed E-state index contributed by atoms with van der Waals surface area (Å²) in [7, 11) is 0. The van der Waals surface area contributed by atoms with Crippen LogP contribution in [0.4, 0.5) is 0 Å². The number of carboxylic acid groups (broad SMARTS) is 1. The van der Waals surface area contributed by atoms with Crippen molar-refractivity contribution in [2.24, 2.45) is 11.8 Å². The zero-order chi connectivity index (χ0) is 26.2. The minimum atomic E-state index is -0.856. The SMILES string of the molecule is O=C(O)C([N-]C1CC(CN2CCC(CCCc3ccccc3)CC2)C(c2ccccc2)C1)c1ccccc1.[K+]. The monoisotopic (exact) mass is 548 g/mol. The van der Waals surface area contributed by atoms with Crippen molar-refractivity contribution in [1.82, 2.24) is 4.90 Å². The van der Waals surface area contributed by atoms with Crippen LogP contribution in [-0.4, -0.2) is 41.7 Å². The summed E-state index contributed by atoms with van der Waals surface area (Å²) in [6.45, 7) is 3.45. The van der Waals surface area contributed by atoms with Crippen molar-refractivity contribution in [1.29, 1.82) is 0 Å². The Morgan fingerprint density at radius 1 is 0.872 bits per heavy atom. The van der Waals surface area contributed by atoms with Crippen LogP contribution < -0.4 is 51.4 Å². The van der Waals surface area contributed by atoms with E-state index in [2.05, 4.69) is 65.6 Å². The van der Waals surface area contributed by atoms with Gasteiger partial charge in [-0.05, 0) is 73.7 Å². The van der Waals surface area contributed by atoms with Crippen molar-refractivity contribution in [3.63, 3.8) is 0 Å². The van der Waals surface area contributed by atoms with E-state index in [0.717, 1.165) is 30.9 Å². The zero-order valence-corrected chi connectivity index (χ0v) is 26.5. The average molecular weight is 549 g/mol. The van der Waals surface area contributed by atoms with Crippen LogP contribution in [0.25, 0.3) is 5.32 Å². The number of carboxylic acids is 1. The number of piperidine rings is 1. The molecule has 4 unspecified atom stereocenters. The molecule has 4 nitrogen and oxygen atoms in total. The fraction of sp³-hybridized carbons (Fsp3) is 0.441. The molecule has 200 valence electrons. The molecule has 0 spiro atoms. The minimum absolute atomic E-state index is 0. The van der Waals surface area contributed by atoms with Crippen molar-refractivity contribution in [3.8, 4) is 0 Å². The molecular weight excluding hydrogens is 507 g/mol. The number of rotatable bonds is 11. The van der Waals surface area contributed by atoms with Gasteiger partial charge in [0.25, 0.3) is 5.97 Å². The first-order valence-electron chi connectivity index (χ1n) is 14.4. The van der Waals surface area contributed by atoms with Gasteiger partial charge in [-0.3, -0.25) is 4.79 Å². The van der Waals surface area contributed by atoms with E-state index in [-0.39, 0.29) is 57.4 Å². The maximum atomic E-state index is 12.1. The first-order valence-corrected chi connectivity index (χ1v) is 14.4. The van der Waals surface area contributed by atoms with Gasteiger partial charge in [0.2, 0.25) is 0 Å². The maximum absolute atomic E-state index is 12.1. The van der Waals surface area contributed by atoms with Crippen LogP contribution in [0.1, 0.15) is 67.2 Å². The number of aryl methyl sites for hydroxylation is 1. The van der Waals surface area contributed by atoms with Crippen molar-refractivity contribution < 1.29 is 61.3 Å². The largest absolute Gasteiger partial charge is 1.00 e. The summed E-state index contributed by atoms with van der Waals surface area (Å²) in [6.07, 6.45) is 8.28. The third kappa shape index (κ3) is 8.83. The van der Waals surface area contributed by atoms with Crippen molar-refractivity contribution in [2.45, 2.75) is 62.9 Å². The molecule has 2 aliphatic rings. The van der Waals surface area contributed by atoms with Crippen LogP contribution in [0.3, 0.4) is 0 Å². The molecule has 1 saturated carbocycles. The fourth-order valence-electron chi connectivity index (χ4n) is 6.69. The summed E-state index contributed by atoms with van der Waals surface area (Å²) in [5.74, 6) is 0.920. The molecule has 1 N–H and O–H groups in total. The molecule has 39 heavy (non-hydrogen) atoms. The summed E-state index contributed by atoms with van der Waals surface area (Å²) in [4.78, 5) is 14.8. The number of likely N-dealkylation sites (tertiary alicyclic amines) is 1. The predicted molar refractivity (Wildman–Crippen MR) is 154 cm³/mol. The molecule has 3 aromatic carbocycles. The molecule has 5 rings (SSSR count). The molecular formula is C34H41KN2O2. The van der Waals surface area contributed by atoms with Crippen LogP contribution in [0.15, 0.2) is 91.0 Å². The smallest absolute Gasteiger partial charge is 0.644 e. The van der Waals surface area contributed by atoms with E-state index in [0.29, 0.717) is 11.8 Å². The average Bonchev–Trinajstić information content (AvgIpc) is 3.36. The van der Waals surface area contributed by atoms with Crippen LogP contribution in [0, 0.1) is 11.8 Å². The molecule has 3 aromatic rings. The minimum Gasteiger partial charge on any atom is -0.644 e. The Morgan fingerprint density at radius 3 is 2.13 bits per heavy atom. The third-order valence-corrected chi connectivity index (χ3v) is 8.73. The fourth-order valence-corrected chi connectivity index (χ4v) is 6.69. The molecule has 1 aliphatic heterocycles. The van der Waals surface area contributed by atoms with Crippen molar-refractivity contribution in [2.75, 3.05) is 19.6 Å². The Hall–Kier alpha value is -1.31. The predicted octanol–water partition coefficient (Wildman–Crippen LogP) is 4.49. The van der Waals surface area contributed by atoms with Gasteiger partial charge in [-0.25, -0.2) is 0 Å². The maximum Gasteiger partial charge on any atom is 1.00 e. The Labute approximate surface area is 277 Å². The van der Waals surface area contributed by atoms with Crippen molar-refractivity contribution in [3.05, 3.63) is 113 Å². The van der Waals surface area contributed by atoms with Gasteiger partial charge in [0, 0.05) is 6.54 Å². The molecule has 1 aliphatic carbocycles. The first-order chi connectivity index (χ1) is 18.7. The van der Waals surface area contributed by atoms with E-state index in [1.807, 2.05) is 30.3 Å². The Balaban J connectivity index is 0.00000353. The van der Waals surface area contributed by atoms with Gasteiger partial charge in [0.15, 0.2) is 0 Å². The number of benzene rings is 3. The molecule has 2 fully saturated rings. The van der Waals surface area contributed by atoms with Gasteiger partial charge in [-0.15, -0.1) is 6.04 Å². The first kappa shape index (κ1) is 30.6. The quantitative estimate of drug-likeness (QED) is 0.360. The normalized spacial score (nSPS) is 22.7. The molecule has 0 radical (unpaired) electrons. The molecule has 0 amide bonds. The van der Waals surface area contributed by atoms with Gasteiger partial charge in [0.05, 0.1) is 0 Å². The second-order valence-corrected chi connectivity index (χ2v) is 11.3. The zero-order valence-electron chi connectivity index (χ0n) is 23.4. The van der Waals surface area contributed by atoms with E-state index < -0.39 is 12.0 Å². The molecule has 1 heterocycles. The van der Waals surface area contributed by atoms with E-state index in [1.54, 1.807) is 0 Å². The Kier molecular flexibility index (Phi) is 12.3. The second-order valence-electron chi connectivity index (χ2n) is 11.3. The van der Waals surface area contributed by atoms with Gasteiger partial charge in [-0.2, -0.15) is 0 Å². The standard InChI is InChI=1S/C34H41N2O2.K/c37-34(38)33(29-17-8-3-9-18-29)35-31-23-30(32(24-31)28-15-6-2-7-16-28)25-36-21-19-27(20-22-36)14-10-13-26-11-4-1-5-12-26;/h1-9,11-12,15-18,27,30-33H,10,13-14,19-25H2,(H,37,38);/q-1;+1. The van der Waals surface area contributed by atoms with Gasteiger partial charge in [-0.1, -0.05) is 116 Å². The Bertz CT molecular complexity index is 1120. The summed E-state index contributed by atoms with van der Waals surface area (Å²) < 4.78 is 0. The number of carbonyl (C=O) groups is 1. The van der Waals surface area contributed by atoms with Crippen LogP contribution in [-0.2, 0) is 11.2 Å². The van der Waals surface area contributed by atoms with E-state index in [1.165, 1.54) is 56.3 Å². The van der Waals surface area contributed by atoms with Crippen LogP contribution in [0.5, 0.6) is 0 Å². The van der Waals surface area contributed by atoms with E-state index in [4.69, 9.17) is 5.32 Å². The summed E-state index contributed by atoms with van der Waals surface area (Å²) >= 11 is 0. The van der Waals surface area contributed by atoms with Gasteiger partial charge >= 0.3 is 51.4 Å². The number of aliphatic carboxylic acids is 1.